The zero-order chi connectivity index (χ0) is 26.4. The Morgan fingerprint density at radius 3 is 2.43 bits per heavy atom. The molecule has 10 heteroatoms. The highest BCUT2D eigenvalue weighted by atomic mass is 79.9. The number of halogens is 2. The van der Waals surface area contributed by atoms with E-state index >= 15 is 0 Å². The summed E-state index contributed by atoms with van der Waals surface area (Å²) >= 11 is 3.44. The number of aromatic carboxylic acids is 1. The third kappa shape index (κ3) is 7.07. The van der Waals surface area contributed by atoms with Gasteiger partial charge in [-0.2, -0.15) is 0 Å². The second-order valence-corrected chi connectivity index (χ2v) is 9.46. The van der Waals surface area contributed by atoms with E-state index in [4.69, 9.17) is 9.84 Å². The summed E-state index contributed by atoms with van der Waals surface area (Å²) in [6.45, 7) is 0.0902. The van der Waals surface area contributed by atoms with Crippen molar-refractivity contribution in [2.45, 2.75) is 25.1 Å². The molecule has 1 fully saturated rings. The molecule has 0 saturated carbocycles. The van der Waals surface area contributed by atoms with Gasteiger partial charge in [0.25, 0.3) is 0 Å². The van der Waals surface area contributed by atoms with Crippen LogP contribution in [0.15, 0.2) is 77.3 Å². The fraction of sp³-hybridized carbons (Fsp3) is 0.222. The molecule has 3 amide bonds. The number of nitrogens with zero attached hydrogens (tertiary/aromatic N) is 1. The van der Waals surface area contributed by atoms with Crippen LogP contribution < -0.4 is 15.4 Å². The van der Waals surface area contributed by atoms with Gasteiger partial charge >= 0.3 is 12.0 Å². The van der Waals surface area contributed by atoms with Gasteiger partial charge in [-0.3, -0.25) is 4.79 Å². The van der Waals surface area contributed by atoms with Crippen LogP contribution in [0.2, 0.25) is 0 Å². The maximum atomic E-state index is 14.2. The number of carbonyl (C=O) groups excluding carboxylic acids is 2. The minimum Gasteiger partial charge on any atom is -0.491 e. The van der Waals surface area contributed by atoms with Crippen LogP contribution in [0.1, 0.15) is 22.3 Å². The van der Waals surface area contributed by atoms with Crippen LogP contribution in [-0.2, 0) is 11.2 Å². The average molecular weight is 570 g/mol. The number of likely N-dealkylation sites (tertiary alicyclic amines) is 1. The maximum absolute atomic E-state index is 14.2. The van der Waals surface area contributed by atoms with Gasteiger partial charge in [0, 0.05) is 16.6 Å². The number of carbonyl (C=O) groups is 3. The summed E-state index contributed by atoms with van der Waals surface area (Å²) in [4.78, 5) is 37.8. The van der Waals surface area contributed by atoms with Crippen molar-refractivity contribution in [3.05, 3.63) is 88.4 Å². The molecule has 3 aromatic carbocycles. The van der Waals surface area contributed by atoms with Crippen molar-refractivity contribution in [3.63, 3.8) is 0 Å². The number of rotatable bonds is 8. The Kier molecular flexibility index (Phi) is 8.39. The Morgan fingerprint density at radius 1 is 1.03 bits per heavy atom. The fourth-order valence-electron chi connectivity index (χ4n) is 4.06. The zero-order valence-electron chi connectivity index (χ0n) is 19.7. The van der Waals surface area contributed by atoms with Crippen molar-refractivity contribution in [3.8, 4) is 5.75 Å². The van der Waals surface area contributed by atoms with E-state index in [9.17, 15) is 18.8 Å². The minimum atomic E-state index is -1.15. The molecule has 3 N–H and O–H groups in total. The second kappa shape index (κ2) is 11.9. The Bertz CT molecular complexity index is 1270. The molecule has 0 bridgehead atoms. The molecule has 2 unspecified atom stereocenters. The molecule has 192 valence electrons. The van der Waals surface area contributed by atoms with Crippen molar-refractivity contribution in [2.24, 2.45) is 0 Å². The Morgan fingerprint density at radius 2 is 1.76 bits per heavy atom. The molecule has 1 heterocycles. The zero-order valence-corrected chi connectivity index (χ0v) is 21.3. The van der Waals surface area contributed by atoms with Crippen LogP contribution in [0.3, 0.4) is 0 Å². The molecule has 3 aromatic rings. The van der Waals surface area contributed by atoms with Crippen LogP contribution in [0.25, 0.3) is 0 Å². The van der Waals surface area contributed by atoms with Crippen molar-refractivity contribution in [1.29, 1.82) is 0 Å². The van der Waals surface area contributed by atoms with E-state index in [-0.39, 0.29) is 37.5 Å². The van der Waals surface area contributed by atoms with Crippen molar-refractivity contribution < 1.29 is 28.6 Å². The number of benzene rings is 3. The predicted octanol–water partition coefficient (Wildman–Crippen LogP) is 5.35. The first-order valence-electron chi connectivity index (χ1n) is 11.6. The topological polar surface area (TPSA) is 108 Å². The van der Waals surface area contributed by atoms with Crippen LogP contribution in [0, 0.1) is 0 Å². The van der Waals surface area contributed by atoms with Gasteiger partial charge < -0.3 is 25.4 Å². The lowest BCUT2D eigenvalue weighted by atomic mass is 10.1. The number of carboxylic acids is 1. The van der Waals surface area contributed by atoms with Crippen LogP contribution >= 0.6 is 15.9 Å². The summed E-state index contributed by atoms with van der Waals surface area (Å²) in [5.41, 5.74) is 2.04. The molecule has 0 radical (unpaired) electrons. The molecule has 1 saturated heterocycles. The van der Waals surface area contributed by atoms with Gasteiger partial charge in [-0.15, -0.1) is 0 Å². The molecule has 4 rings (SSSR count). The third-order valence-corrected chi connectivity index (χ3v) is 6.55. The van der Waals surface area contributed by atoms with Crippen LogP contribution in [0.5, 0.6) is 5.75 Å². The smallest absolute Gasteiger partial charge is 0.335 e. The summed E-state index contributed by atoms with van der Waals surface area (Å²) in [5.74, 6) is -0.822. The highest BCUT2D eigenvalue weighted by Gasteiger charge is 2.35. The molecule has 0 aromatic heterocycles. The molecule has 37 heavy (non-hydrogen) atoms. The Hall–Kier alpha value is -3.92. The lowest BCUT2D eigenvalue weighted by molar-refractivity contribution is -0.132. The predicted molar refractivity (Wildman–Crippen MR) is 141 cm³/mol. The van der Waals surface area contributed by atoms with E-state index in [0.717, 1.165) is 0 Å². The quantitative estimate of drug-likeness (QED) is 0.339. The van der Waals surface area contributed by atoms with E-state index in [2.05, 4.69) is 26.6 Å². The summed E-state index contributed by atoms with van der Waals surface area (Å²) in [6, 6.07) is 19.3. The van der Waals surface area contributed by atoms with Crippen molar-refractivity contribution >= 4 is 45.2 Å². The van der Waals surface area contributed by atoms with Crippen molar-refractivity contribution in [2.75, 3.05) is 23.8 Å². The molecule has 1 aliphatic rings. The van der Waals surface area contributed by atoms with E-state index in [1.54, 1.807) is 30.3 Å². The number of alkyl halides is 1. The van der Waals surface area contributed by atoms with Gasteiger partial charge in [-0.25, -0.2) is 14.0 Å². The summed E-state index contributed by atoms with van der Waals surface area (Å²) in [6.07, 6.45) is -0.915. The maximum Gasteiger partial charge on any atom is 0.335 e. The molecule has 8 nitrogen and oxygen atoms in total. The first-order chi connectivity index (χ1) is 17.8. The standard InChI is InChI=1S/C27H25BrFN3O5/c28-23-12-17(6-11-24(23)31-27(36)30-20-4-2-1-3-5-20)13-25(33)32-15-19(29)14-21(32)16-37-22-9-7-18(8-10-22)26(34)35/h1-12,19,21H,13-16H2,(H,34,35)(H2,30,31,36). The number of hydrogen-bond donors (Lipinski definition) is 3. The number of urea groups is 1. The number of ether oxygens (including phenoxy) is 1. The van der Waals surface area contributed by atoms with Crippen molar-refractivity contribution in [1.82, 2.24) is 4.90 Å². The van der Waals surface area contributed by atoms with Gasteiger partial charge in [0.05, 0.1) is 30.3 Å². The number of carboxylic acid groups (broad SMARTS) is 1. The van der Waals surface area contributed by atoms with E-state index < -0.39 is 24.2 Å². The summed E-state index contributed by atoms with van der Waals surface area (Å²) in [5, 5.41) is 14.5. The molecular formula is C27H25BrFN3O5. The number of para-hydroxylation sites is 1. The van der Waals surface area contributed by atoms with Gasteiger partial charge in [0.1, 0.15) is 18.5 Å². The second-order valence-electron chi connectivity index (χ2n) is 8.61. The number of anilines is 2. The number of nitrogens with one attached hydrogen (secondary N) is 2. The number of amides is 3. The lowest BCUT2D eigenvalue weighted by Gasteiger charge is -2.24. The van der Waals surface area contributed by atoms with E-state index in [1.807, 2.05) is 18.2 Å². The Balaban J connectivity index is 1.33. The van der Waals surface area contributed by atoms with Crippen LogP contribution in [0.4, 0.5) is 20.6 Å². The normalized spacial score (nSPS) is 16.8. The third-order valence-electron chi connectivity index (χ3n) is 5.90. The SMILES string of the molecule is O=C(Nc1ccccc1)Nc1ccc(CC(=O)N2CC(F)CC2COc2ccc(C(=O)O)cc2)cc1Br. The van der Waals surface area contributed by atoms with Gasteiger partial charge in [-0.05, 0) is 70.0 Å². The summed E-state index contributed by atoms with van der Waals surface area (Å²) < 4.78 is 20.5. The first-order valence-corrected chi connectivity index (χ1v) is 12.4. The van der Waals surface area contributed by atoms with E-state index in [1.165, 1.54) is 29.2 Å². The molecule has 0 aliphatic carbocycles. The average Bonchev–Trinajstić information content (AvgIpc) is 3.26. The minimum absolute atomic E-state index is 0.00865. The molecule has 2 atom stereocenters. The van der Waals surface area contributed by atoms with E-state index in [0.29, 0.717) is 27.2 Å². The number of hydrogen-bond acceptors (Lipinski definition) is 4. The monoisotopic (exact) mass is 569 g/mol. The highest BCUT2D eigenvalue weighted by Crippen LogP contribution is 2.27. The van der Waals surface area contributed by atoms with Gasteiger partial charge in [-0.1, -0.05) is 24.3 Å². The molecule has 0 spiro atoms. The highest BCUT2D eigenvalue weighted by molar-refractivity contribution is 9.10. The summed E-state index contributed by atoms with van der Waals surface area (Å²) in [7, 11) is 0. The fourth-order valence-corrected chi connectivity index (χ4v) is 4.59. The lowest BCUT2D eigenvalue weighted by Crippen LogP contribution is -2.40. The molecule has 1 aliphatic heterocycles. The van der Waals surface area contributed by atoms with Gasteiger partial charge in [0.15, 0.2) is 0 Å². The molecular weight excluding hydrogens is 545 g/mol. The first kappa shape index (κ1) is 26.2. The largest absolute Gasteiger partial charge is 0.491 e. The van der Waals surface area contributed by atoms with Gasteiger partial charge in [0.2, 0.25) is 5.91 Å². The van der Waals surface area contributed by atoms with Crippen LogP contribution in [-0.4, -0.2) is 53.3 Å². The Labute approximate surface area is 221 Å².